The minimum absolute atomic E-state index is 0.0201. The molecule has 110 valence electrons. The SMILES string of the molecule is COCCN1CN=C(c2cc(C(C)C)c(O)cc2O)N1. The van der Waals surface area contributed by atoms with Gasteiger partial charge in [-0.05, 0) is 17.5 Å². The Bertz CT molecular complexity index is 515. The highest BCUT2D eigenvalue weighted by Crippen LogP contribution is 2.32. The van der Waals surface area contributed by atoms with Crippen molar-refractivity contribution >= 4 is 5.84 Å². The van der Waals surface area contributed by atoms with Gasteiger partial charge in [-0.2, -0.15) is 5.01 Å². The monoisotopic (exact) mass is 279 g/mol. The van der Waals surface area contributed by atoms with Crippen LogP contribution in [-0.4, -0.2) is 48.0 Å². The number of hydrazine groups is 1. The lowest BCUT2D eigenvalue weighted by molar-refractivity contribution is 0.142. The highest BCUT2D eigenvalue weighted by atomic mass is 16.5. The van der Waals surface area contributed by atoms with E-state index in [4.69, 9.17) is 4.74 Å². The third-order valence-corrected chi connectivity index (χ3v) is 3.25. The van der Waals surface area contributed by atoms with Crippen molar-refractivity contribution in [3.63, 3.8) is 0 Å². The molecule has 0 unspecified atom stereocenters. The van der Waals surface area contributed by atoms with Gasteiger partial charge in [0.05, 0.1) is 12.2 Å². The molecule has 0 saturated carbocycles. The van der Waals surface area contributed by atoms with Crippen LogP contribution in [0.2, 0.25) is 0 Å². The Morgan fingerprint density at radius 3 is 2.75 bits per heavy atom. The lowest BCUT2D eigenvalue weighted by atomic mass is 9.98. The molecule has 0 saturated heterocycles. The molecule has 0 aliphatic carbocycles. The van der Waals surface area contributed by atoms with Crippen LogP contribution in [0.4, 0.5) is 0 Å². The Morgan fingerprint density at radius 1 is 1.35 bits per heavy atom. The van der Waals surface area contributed by atoms with E-state index in [1.54, 1.807) is 13.2 Å². The van der Waals surface area contributed by atoms with Crippen LogP contribution < -0.4 is 5.43 Å². The molecular formula is C14H21N3O3. The van der Waals surface area contributed by atoms with Gasteiger partial charge in [-0.1, -0.05) is 13.8 Å². The number of amidine groups is 1. The highest BCUT2D eigenvalue weighted by Gasteiger charge is 2.20. The average molecular weight is 279 g/mol. The van der Waals surface area contributed by atoms with Crippen LogP contribution in [0.5, 0.6) is 11.5 Å². The molecule has 0 atom stereocenters. The van der Waals surface area contributed by atoms with Crippen molar-refractivity contribution < 1.29 is 14.9 Å². The first kappa shape index (κ1) is 14.6. The van der Waals surface area contributed by atoms with E-state index in [9.17, 15) is 10.2 Å². The van der Waals surface area contributed by atoms with E-state index >= 15 is 0 Å². The number of nitrogens with one attached hydrogen (secondary N) is 1. The summed E-state index contributed by atoms with van der Waals surface area (Å²) < 4.78 is 5.02. The van der Waals surface area contributed by atoms with Gasteiger partial charge in [-0.25, -0.2) is 4.99 Å². The first-order valence-corrected chi connectivity index (χ1v) is 6.64. The predicted octanol–water partition coefficient (Wildman–Crippen LogP) is 1.39. The van der Waals surface area contributed by atoms with Crippen LogP contribution >= 0.6 is 0 Å². The zero-order chi connectivity index (χ0) is 14.7. The van der Waals surface area contributed by atoms with Crippen molar-refractivity contribution in [3.8, 4) is 11.5 Å². The standard InChI is InChI=1S/C14H21N3O3/c1-9(2)10-6-11(13(19)7-12(10)18)14-15-8-17(16-14)4-5-20-3/h6-7,9,18-19H,4-5,8H2,1-3H3,(H,15,16). The number of benzene rings is 1. The largest absolute Gasteiger partial charge is 0.508 e. The van der Waals surface area contributed by atoms with Crippen molar-refractivity contribution in [3.05, 3.63) is 23.3 Å². The van der Waals surface area contributed by atoms with E-state index in [2.05, 4.69) is 10.4 Å². The molecule has 0 fully saturated rings. The third-order valence-electron chi connectivity index (χ3n) is 3.25. The van der Waals surface area contributed by atoms with Gasteiger partial charge in [-0.15, -0.1) is 0 Å². The summed E-state index contributed by atoms with van der Waals surface area (Å²) >= 11 is 0. The molecule has 1 aromatic carbocycles. The second-order valence-electron chi connectivity index (χ2n) is 5.10. The molecule has 6 heteroatoms. The molecule has 6 nitrogen and oxygen atoms in total. The number of phenolic OH excluding ortho intramolecular Hbond substituents is 2. The fourth-order valence-corrected chi connectivity index (χ4v) is 2.10. The van der Waals surface area contributed by atoms with Crippen LogP contribution in [0.15, 0.2) is 17.1 Å². The molecule has 2 rings (SSSR count). The maximum Gasteiger partial charge on any atom is 0.148 e. The topological polar surface area (TPSA) is 77.3 Å². The van der Waals surface area contributed by atoms with Gasteiger partial charge in [0, 0.05) is 19.7 Å². The number of aliphatic imine (C=N–C) groups is 1. The van der Waals surface area contributed by atoms with Gasteiger partial charge in [0.1, 0.15) is 24.0 Å². The zero-order valence-corrected chi connectivity index (χ0v) is 12.1. The van der Waals surface area contributed by atoms with Gasteiger partial charge in [0.15, 0.2) is 0 Å². The van der Waals surface area contributed by atoms with Crippen LogP contribution in [0.25, 0.3) is 0 Å². The second kappa shape index (κ2) is 6.11. The molecule has 0 bridgehead atoms. The summed E-state index contributed by atoms with van der Waals surface area (Å²) in [5, 5.41) is 21.7. The number of hydrogen-bond acceptors (Lipinski definition) is 6. The molecule has 3 N–H and O–H groups in total. The molecule has 0 amide bonds. The lowest BCUT2D eigenvalue weighted by Gasteiger charge is -2.17. The number of rotatable bonds is 5. The van der Waals surface area contributed by atoms with Crippen LogP contribution in [-0.2, 0) is 4.74 Å². The molecule has 0 spiro atoms. The number of hydrogen-bond donors (Lipinski definition) is 3. The molecule has 20 heavy (non-hydrogen) atoms. The van der Waals surface area contributed by atoms with Crippen LogP contribution in [0, 0.1) is 0 Å². The fourth-order valence-electron chi connectivity index (χ4n) is 2.10. The summed E-state index contributed by atoms with van der Waals surface area (Å²) in [5.41, 5.74) is 4.52. The molecular weight excluding hydrogens is 258 g/mol. The quantitative estimate of drug-likeness (QED) is 0.759. The maximum absolute atomic E-state index is 10.00. The van der Waals surface area contributed by atoms with Crippen molar-refractivity contribution in [2.24, 2.45) is 4.99 Å². The Labute approximate surface area is 118 Å². The minimum Gasteiger partial charge on any atom is -0.508 e. The Morgan fingerprint density at radius 2 is 2.10 bits per heavy atom. The first-order chi connectivity index (χ1) is 9.52. The van der Waals surface area contributed by atoms with E-state index < -0.39 is 0 Å². The molecule has 1 aliphatic heterocycles. The Hall–Kier alpha value is -1.79. The zero-order valence-electron chi connectivity index (χ0n) is 12.1. The number of methoxy groups -OCH3 is 1. The second-order valence-corrected chi connectivity index (χ2v) is 5.10. The van der Waals surface area contributed by atoms with E-state index in [0.29, 0.717) is 31.2 Å². The highest BCUT2D eigenvalue weighted by molar-refractivity contribution is 6.02. The summed E-state index contributed by atoms with van der Waals surface area (Å²) in [6.45, 7) is 5.80. The van der Waals surface area contributed by atoms with Crippen molar-refractivity contribution in [2.45, 2.75) is 19.8 Å². The van der Waals surface area contributed by atoms with Gasteiger partial charge < -0.3 is 20.4 Å². The van der Waals surface area contributed by atoms with Crippen molar-refractivity contribution in [1.29, 1.82) is 0 Å². The summed E-state index contributed by atoms with van der Waals surface area (Å²) in [5.74, 6) is 0.907. The molecule has 1 heterocycles. The van der Waals surface area contributed by atoms with Gasteiger partial charge >= 0.3 is 0 Å². The van der Waals surface area contributed by atoms with Crippen molar-refractivity contribution in [1.82, 2.24) is 10.4 Å². The lowest BCUT2D eigenvalue weighted by Crippen LogP contribution is -2.38. The van der Waals surface area contributed by atoms with Crippen molar-refractivity contribution in [2.75, 3.05) is 26.9 Å². The maximum atomic E-state index is 10.00. The summed E-state index contributed by atoms with van der Waals surface area (Å²) in [6, 6.07) is 3.15. The smallest absolute Gasteiger partial charge is 0.148 e. The molecule has 1 aliphatic rings. The van der Waals surface area contributed by atoms with Gasteiger partial charge in [0.25, 0.3) is 0 Å². The van der Waals surface area contributed by atoms with E-state index in [1.165, 1.54) is 6.07 Å². The number of ether oxygens (including phenoxy) is 1. The first-order valence-electron chi connectivity index (χ1n) is 6.64. The molecule has 0 aromatic heterocycles. The average Bonchev–Trinajstić information content (AvgIpc) is 2.84. The Balaban J connectivity index is 2.19. The summed E-state index contributed by atoms with van der Waals surface area (Å²) in [6.07, 6.45) is 0. The molecule has 1 aromatic rings. The van der Waals surface area contributed by atoms with Crippen LogP contribution in [0.1, 0.15) is 30.9 Å². The summed E-state index contributed by atoms with van der Waals surface area (Å²) in [4.78, 5) is 4.37. The van der Waals surface area contributed by atoms with E-state index in [1.807, 2.05) is 18.9 Å². The number of phenols is 2. The van der Waals surface area contributed by atoms with Crippen LogP contribution in [0.3, 0.4) is 0 Å². The van der Waals surface area contributed by atoms with E-state index in [-0.39, 0.29) is 17.4 Å². The number of aromatic hydroxyl groups is 2. The van der Waals surface area contributed by atoms with Gasteiger partial charge in [-0.3, -0.25) is 0 Å². The minimum atomic E-state index is 0.0201. The Kier molecular flexibility index (Phi) is 4.46. The van der Waals surface area contributed by atoms with E-state index in [0.717, 1.165) is 5.56 Å². The predicted molar refractivity (Wildman–Crippen MR) is 77.0 cm³/mol. The van der Waals surface area contributed by atoms with Gasteiger partial charge in [0.2, 0.25) is 0 Å². The normalized spacial score (nSPS) is 15.5. The fraction of sp³-hybridized carbons (Fsp3) is 0.500. The molecule has 0 radical (unpaired) electrons. The number of nitrogens with zero attached hydrogens (tertiary/aromatic N) is 2. The summed E-state index contributed by atoms with van der Waals surface area (Å²) in [7, 11) is 1.65. The third kappa shape index (κ3) is 3.02.